The van der Waals surface area contributed by atoms with Crippen LogP contribution in [0.1, 0.15) is 16.7 Å². The molecule has 0 fully saturated rings. The Hall–Kier alpha value is -1.71. The number of nitrogens with one attached hydrogen (secondary N) is 1. The van der Waals surface area contributed by atoms with E-state index in [0.717, 1.165) is 11.3 Å². The van der Waals surface area contributed by atoms with Gasteiger partial charge in [-0.1, -0.05) is 29.3 Å². The Morgan fingerprint density at radius 3 is 2.29 bits per heavy atom. The van der Waals surface area contributed by atoms with Gasteiger partial charge in [-0.2, -0.15) is 5.10 Å². The smallest absolute Gasteiger partial charge is 0.156 e. The lowest BCUT2D eigenvalue weighted by Gasteiger charge is -2.07. The molecule has 0 bridgehead atoms. The van der Waals surface area contributed by atoms with Gasteiger partial charge in [0.05, 0.1) is 29.1 Å². The molecular formula is C16H16Cl2N2O. The number of halogens is 2. The maximum absolute atomic E-state index is 6.08. The minimum absolute atomic E-state index is 0.456. The third kappa shape index (κ3) is 3.90. The molecule has 5 heteroatoms. The number of rotatable bonds is 4. The SMILES string of the molecule is COc1c(Cl)cc(/C=N/Nc2ccc(C)c(C)c2)cc1Cl. The molecule has 0 amide bonds. The lowest BCUT2D eigenvalue weighted by molar-refractivity contribution is 0.415. The van der Waals surface area contributed by atoms with Crippen LogP contribution in [-0.4, -0.2) is 13.3 Å². The van der Waals surface area contributed by atoms with Crippen LogP contribution in [0, 0.1) is 13.8 Å². The van der Waals surface area contributed by atoms with E-state index in [1.54, 1.807) is 18.3 Å². The van der Waals surface area contributed by atoms with Crippen LogP contribution in [0.25, 0.3) is 0 Å². The zero-order valence-electron chi connectivity index (χ0n) is 12.1. The van der Waals surface area contributed by atoms with Gasteiger partial charge in [-0.15, -0.1) is 0 Å². The van der Waals surface area contributed by atoms with Gasteiger partial charge in [-0.25, -0.2) is 0 Å². The van der Waals surface area contributed by atoms with E-state index in [1.807, 2.05) is 18.2 Å². The molecule has 0 aliphatic rings. The zero-order valence-corrected chi connectivity index (χ0v) is 13.6. The second-order valence-electron chi connectivity index (χ2n) is 4.69. The highest BCUT2D eigenvalue weighted by atomic mass is 35.5. The number of ether oxygens (including phenoxy) is 1. The predicted molar refractivity (Wildman–Crippen MR) is 90.1 cm³/mol. The van der Waals surface area contributed by atoms with E-state index in [4.69, 9.17) is 27.9 Å². The molecule has 3 nitrogen and oxygen atoms in total. The Balaban J connectivity index is 2.12. The molecule has 2 aromatic carbocycles. The summed E-state index contributed by atoms with van der Waals surface area (Å²) in [6.45, 7) is 4.14. The third-order valence-electron chi connectivity index (χ3n) is 3.14. The largest absolute Gasteiger partial charge is 0.494 e. The minimum atomic E-state index is 0.456. The molecule has 0 saturated heterocycles. The first kappa shape index (κ1) is 15.7. The molecule has 2 rings (SSSR count). The van der Waals surface area contributed by atoms with Crippen molar-refractivity contribution in [1.82, 2.24) is 0 Å². The number of methoxy groups -OCH3 is 1. The lowest BCUT2D eigenvalue weighted by atomic mass is 10.1. The first-order valence-electron chi connectivity index (χ1n) is 6.40. The fraction of sp³-hybridized carbons (Fsp3) is 0.188. The van der Waals surface area contributed by atoms with Crippen molar-refractivity contribution in [3.8, 4) is 5.75 Å². The van der Waals surface area contributed by atoms with E-state index >= 15 is 0 Å². The molecule has 1 N–H and O–H groups in total. The molecule has 110 valence electrons. The Morgan fingerprint density at radius 2 is 1.71 bits per heavy atom. The molecule has 0 aliphatic carbocycles. The highest BCUT2D eigenvalue weighted by molar-refractivity contribution is 6.37. The van der Waals surface area contributed by atoms with Gasteiger partial charge >= 0.3 is 0 Å². The van der Waals surface area contributed by atoms with Crippen LogP contribution in [0.15, 0.2) is 35.4 Å². The zero-order chi connectivity index (χ0) is 15.4. The summed E-state index contributed by atoms with van der Waals surface area (Å²) in [6.07, 6.45) is 1.66. The first-order chi connectivity index (χ1) is 10.0. The molecule has 2 aromatic rings. The number of hydrogen-bond donors (Lipinski definition) is 1. The van der Waals surface area contributed by atoms with Gasteiger partial charge in [-0.05, 0) is 54.8 Å². The van der Waals surface area contributed by atoms with Gasteiger partial charge in [0.15, 0.2) is 5.75 Å². The maximum Gasteiger partial charge on any atom is 0.156 e. The topological polar surface area (TPSA) is 33.6 Å². The van der Waals surface area contributed by atoms with Gasteiger partial charge in [0.2, 0.25) is 0 Å². The Kier molecular flexibility index (Phi) is 5.10. The summed E-state index contributed by atoms with van der Waals surface area (Å²) in [4.78, 5) is 0. The molecule has 0 atom stereocenters. The molecule has 0 aromatic heterocycles. The molecule has 0 aliphatic heterocycles. The fourth-order valence-corrected chi connectivity index (χ4v) is 2.50. The summed E-state index contributed by atoms with van der Waals surface area (Å²) in [7, 11) is 1.53. The summed E-state index contributed by atoms with van der Waals surface area (Å²) in [5.74, 6) is 0.470. The number of anilines is 1. The number of aryl methyl sites for hydroxylation is 2. The third-order valence-corrected chi connectivity index (χ3v) is 3.70. The molecule has 0 heterocycles. The number of hydrazone groups is 1. The lowest BCUT2D eigenvalue weighted by Crippen LogP contribution is -1.93. The van der Waals surface area contributed by atoms with E-state index in [0.29, 0.717) is 15.8 Å². The normalized spacial score (nSPS) is 10.9. The van der Waals surface area contributed by atoms with Crippen LogP contribution in [0.2, 0.25) is 10.0 Å². The molecule has 0 spiro atoms. The average molecular weight is 323 g/mol. The Bertz CT molecular complexity index is 661. The van der Waals surface area contributed by atoms with Crippen LogP contribution >= 0.6 is 23.2 Å². The maximum atomic E-state index is 6.08. The first-order valence-corrected chi connectivity index (χ1v) is 7.16. The van der Waals surface area contributed by atoms with Crippen molar-refractivity contribution in [1.29, 1.82) is 0 Å². The van der Waals surface area contributed by atoms with E-state index in [1.165, 1.54) is 18.2 Å². The van der Waals surface area contributed by atoms with Crippen LogP contribution < -0.4 is 10.2 Å². The summed E-state index contributed by atoms with van der Waals surface area (Å²) >= 11 is 12.2. The Labute approximate surface area is 134 Å². The summed E-state index contributed by atoms with van der Waals surface area (Å²) in [5.41, 5.74) is 7.17. The van der Waals surface area contributed by atoms with Crippen molar-refractivity contribution in [2.45, 2.75) is 13.8 Å². The van der Waals surface area contributed by atoms with Crippen molar-refractivity contribution in [2.24, 2.45) is 5.10 Å². The Morgan fingerprint density at radius 1 is 1.05 bits per heavy atom. The summed E-state index contributed by atoms with van der Waals surface area (Å²) < 4.78 is 5.10. The van der Waals surface area contributed by atoms with E-state index in [2.05, 4.69) is 24.4 Å². The van der Waals surface area contributed by atoms with Crippen molar-refractivity contribution < 1.29 is 4.74 Å². The van der Waals surface area contributed by atoms with Crippen LogP contribution in [0.5, 0.6) is 5.75 Å². The molecular weight excluding hydrogens is 307 g/mol. The van der Waals surface area contributed by atoms with Crippen molar-refractivity contribution in [3.63, 3.8) is 0 Å². The fourth-order valence-electron chi connectivity index (χ4n) is 1.84. The highest BCUT2D eigenvalue weighted by Gasteiger charge is 2.07. The van der Waals surface area contributed by atoms with Gasteiger partial charge in [0, 0.05) is 0 Å². The number of hydrogen-bond acceptors (Lipinski definition) is 3. The summed E-state index contributed by atoms with van der Waals surface area (Å²) in [6, 6.07) is 9.57. The van der Waals surface area contributed by atoms with E-state index in [-0.39, 0.29) is 0 Å². The molecule has 21 heavy (non-hydrogen) atoms. The van der Waals surface area contributed by atoms with Gasteiger partial charge in [0.25, 0.3) is 0 Å². The minimum Gasteiger partial charge on any atom is -0.494 e. The average Bonchev–Trinajstić information content (AvgIpc) is 2.42. The monoisotopic (exact) mass is 322 g/mol. The quantitative estimate of drug-likeness (QED) is 0.630. The summed E-state index contributed by atoms with van der Waals surface area (Å²) in [5, 5.41) is 5.10. The van der Waals surface area contributed by atoms with Gasteiger partial charge in [-0.3, -0.25) is 5.43 Å². The van der Waals surface area contributed by atoms with Crippen molar-refractivity contribution >= 4 is 35.1 Å². The van der Waals surface area contributed by atoms with Crippen LogP contribution in [-0.2, 0) is 0 Å². The molecule has 0 unspecified atom stereocenters. The molecule has 0 radical (unpaired) electrons. The van der Waals surface area contributed by atoms with E-state index in [9.17, 15) is 0 Å². The predicted octanol–water partition coefficient (Wildman–Crippen LogP) is 5.06. The van der Waals surface area contributed by atoms with Crippen molar-refractivity contribution in [2.75, 3.05) is 12.5 Å². The number of benzene rings is 2. The van der Waals surface area contributed by atoms with Crippen molar-refractivity contribution in [3.05, 3.63) is 57.1 Å². The second kappa shape index (κ2) is 6.83. The van der Waals surface area contributed by atoms with Gasteiger partial charge < -0.3 is 4.74 Å². The van der Waals surface area contributed by atoms with Gasteiger partial charge in [0.1, 0.15) is 0 Å². The van der Waals surface area contributed by atoms with Crippen LogP contribution in [0.3, 0.4) is 0 Å². The second-order valence-corrected chi connectivity index (χ2v) is 5.50. The van der Waals surface area contributed by atoms with Crippen LogP contribution in [0.4, 0.5) is 5.69 Å². The molecule has 0 saturated carbocycles. The van der Waals surface area contributed by atoms with E-state index < -0.39 is 0 Å². The standard InChI is InChI=1S/C16H16Cl2N2O/c1-10-4-5-13(6-11(10)2)20-19-9-12-7-14(17)16(21-3)15(18)8-12/h4-9,20H,1-3H3/b19-9+. The number of nitrogens with zero attached hydrogens (tertiary/aromatic N) is 1. The highest BCUT2D eigenvalue weighted by Crippen LogP contribution is 2.33.